The molecule has 0 saturated heterocycles. The first-order valence-corrected chi connectivity index (χ1v) is 5.91. The van der Waals surface area contributed by atoms with Gasteiger partial charge in [-0.1, -0.05) is 12.2 Å². The highest BCUT2D eigenvalue weighted by Crippen LogP contribution is 2.21. The summed E-state index contributed by atoms with van der Waals surface area (Å²) >= 11 is 4.64. The first kappa shape index (κ1) is 13.4. The van der Waals surface area contributed by atoms with Gasteiger partial charge in [0.05, 0.1) is 5.69 Å². The van der Waals surface area contributed by atoms with Crippen LogP contribution in [0.5, 0.6) is 0 Å². The van der Waals surface area contributed by atoms with Gasteiger partial charge in [-0.2, -0.15) is 0 Å². The molecule has 0 aliphatic rings. The molecule has 2 rings (SSSR count). The van der Waals surface area contributed by atoms with E-state index in [9.17, 15) is 8.78 Å². The minimum absolute atomic E-state index is 0.0642. The van der Waals surface area contributed by atoms with Crippen LogP contribution in [0.15, 0.2) is 36.7 Å². The van der Waals surface area contributed by atoms with Gasteiger partial charge in [0.15, 0.2) is 11.6 Å². The van der Waals surface area contributed by atoms with Gasteiger partial charge < -0.3 is 11.1 Å². The number of aromatic nitrogens is 1. The maximum atomic E-state index is 13.8. The smallest absolute Gasteiger partial charge is 0.182 e. The Balaban J connectivity index is 2.18. The molecule has 3 nitrogen and oxygen atoms in total. The number of nitrogens with one attached hydrogen (secondary N) is 1. The molecular formula is C13H11F2N3S. The largest absolute Gasteiger partial charge is 0.389 e. The lowest BCUT2D eigenvalue weighted by Gasteiger charge is -2.10. The molecular weight excluding hydrogens is 268 g/mol. The van der Waals surface area contributed by atoms with E-state index in [1.54, 1.807) is 24.5 Å². The predicted octanol–water partition coefficient (Wildman–Crippen LogP) is 2.61. The minimum atomic E-state index is -1.03. The van der Waals surface area contributed by atoms with Gasteiger partial charge in [0, 0.05) is 24.5 Å². The third-order valence-electron chi connectivity index (χ3n) is 2.58. The molecule has 2 aromatic rings. The second-order valence-corrected chi connectivity index (χ2v) is 4.30. The molecule has 1 heterocycles. The standard InChI is InChI=1S/C13H11F2N3S/c14-11-9(13(16)19)1-2-10(12(11)15)18-7-8-3-5-17-6-4-8/h1-6,18H,7H2,(H2,16,19). The molecule has 3 N–H and O–H groups in total. The number of pyridine rings is 1. The number of hydrogen-bond donors (Lipinski definition) is 2. The Morgan fingerprint density at radius 1 is 1.16 bits per heavy atom. The van der Waals surface area contributed by atoms with Gasteiger partial charge in [-0.25, -0.2) is 8.78 Å². The summed E-state index contributed by atoms with van der Waals surface area (Å²) in [5.41, 5.74) is 6.18. The number of nitrogens with two attached hydrogens (primary N) is 1. The Labute approximate surface area is 114 Å². The molecule has 0 atom stereocenters. The van der Waals surface area contributed by atoms with Gasteiger partial charge in [-0.05, 0) is 29.8 Å². The van der Waals surface area contributed by atoms with E-state index < -0.39 is 11.6 Å². The van der Waals surface area contributed by atoms with E-state index in [1.807, 2.05) is 0 Å². The summed E-state index contributed by atoms with van der Waals surface area (Å²) in [6.07, 6.45) is 3.26. The second-order valence-electron chi connectivity index (χ2n) is 3.86. The molecule has 1 aromatic heterocycles. The zero-order chi connectivity index (χ0) is 13.8. The van der Waals surface area contributed by atoms with Gasteiger partial charge in [-0.3, -0.25) is 4.98 Å². The summed E-state index contributed by atoms with van der Waals surface area (Å²) in [4.78, 5) is 3.70. The van der Waals surface area contributed by atoms with E-state index in [0.29, 0.717) is 6.54 Å². The highest BCUT2D eigenvalue weighted by Gasteiger charge is 2.14. The lowest BCUT2D eigenvalue weighted by atomic mass is 10.1. The number of rotatable bonds is 4. The number of halogens is 2. The fourth-order valence-corrected chi connectivity index (χ4v) is 1.73. The van der Waals surface area contributed by atoms with Crippen LogP contribution in [0.4, 0.5) is 14.5 Å². The summed E-state index contributed by atoms with van der Waals surface area (Å²) in [6.45, 7) is 0.366. The fourth-order valence-electron chi connectivity index (χ4n) is 1.57. The molecule has 0 spiro atoms. The van der Waals surface area contributed by atoms with Crippen molar-refractivity contribution in [3.05, 3.63) is 59.4 Å². The van der Waals surface area contributed by atoms with Crippen LogP contribution in [-0.4, -0.2) is 9.97 Å². The van der Waals surface area contributed by atoms with Crippen LogP contribution in [0.3, 0.4) is 0 Å². The number of hydrogen-bond acceptors (Lipinski definition) is 3. The molecule has 0 aliphatic carbocycles. The fraction of sp³-hybridized carbons (Fsp3) is 0.0769. The third-order valence-corrected chi connectivity index (χ3v) is 2.80. The second kappa shape index (κ2) is 5.71. The Kier molecular flexibility index (Phi) is 4.01. The van der Waals surface area contributed by atoms with Crippen molar-refractivity contribution >= 4 is 22.9 Å². The van der Waals surface area contributed by atoms with E-state index in [2.05, 4.69) is 22.5 Å². The number of anilines is 1. The van der Waals surface area contributed by atoms with Crippen molar-refractivity contribution in [2.45, 2.75) is 6.54 Å². The SMILES string of the molecule is NC(=S)c1ccc(NCc2ccncc2)c(F)c1F. The van der Waals surface area contributed by atoms with Crippen LogP contribution < -0.4 is 11.1 Å². The molecule has 0 amide bonds. The van der Waals surface area contributed by atoms with Crippen LogP contribution in [0, 0.1) is 11.6 Å². The van der Waals surface area contributed by atoms with E-state index in [4.69, 9.17) is 5.73 Å². The first-order valence-electron chi connectivity index (χ1n) is 5.50. The van der Waals surface area contributed by atoms with Crippen molar-refractivity contribution in [2.24, 2.45) is 5.73 Å². The average molecular weight is 279 g/mol. The minimum Gasteiger partial charge on any atom is -0.389 e. The molecule has 0 fully saturated rings. The Hall–Kier alpha value is -2.08. The van der Waals surface area contributed by atoms with Crippen LogP contribution in [0.25, 0.3) is 0 Å². The van der Waals surface area contributed by atoms with Crippen LogP contribution >= 0.6 is 12.2 Å². The quantitative estimate of drug-likeness (QED) is 0.845. The van der Waals surface area contributed by atoms with Gasteiger partial charge in [0.25, 0.3) is 0 Å². The van der Waals surface area contributed by atoms with E-state index in [-0.39, 0.29) is 16.2 Å². The predicted molar refractivity (Wildman–Crippen MR) is 73.8 cm³/mol. The summed E-state index contributed by atoms with van der Waals surface area (Å²) in [6, 6.07) is 6.33. The maximum Gasteiger partial charge on any atom is 0.182 e. The molecule has 6 heteroatoms. The van der Waals surface area contributed by atoms with Crippen LogP contribution in [0.1, 0.15) is 11.1 Å². The highest BCUT2D eigenvalue weighted by molar-refractivity contribution is 7.80. The summed E-state index contributed by atoms with van der Waals surface area (Å²) in [5.74, 6) is -2.02. The summed E-state index contributed by atoms with van der Waals surface area (Å²) in [5, 5.41) is 2.81. The van der Waals surface area contributed by atoms with Gasteiger partial charge in [0.1, 0.15) is 4.99 Å². The lowest BCUT2D eigenvalue weighted by molar-refractivity contribution is 0.509. The topological polar surface area (TPSA) is 50.9 Å². The molecule has 0 saturated carbocycles. The average Bonchev–Trinajstić information content (AvgIpc) is 2.41. The van der Waals surface area contributed by atoms with Gasteiger partial charge in [0.2, 0.25) is 0 Å². The van der Waals surface area contributed by atoms with E-state index in [1.165, 1.54) is 12.1 Å². The molecule has 1 aromatic carbocycles. The Bertz CT molecular complexity index is 602. The molecule has 19 heavy (non-hydrogen) atoms. The molecule has 0 unspecified atom stereocenters. The lowest BCUT2D eigenvalue weighted by Crippen LogP contribution is -2.14. The zero-order valence-electron chi connectivity index (χ0n) is 9.86. The summed E-state index contributed by atoms with van der Waals surface area (Å²) < 4.78 is 27.4. The highest BCUT2D eigenvalue weighted by atomic mass is 32.1. The number of benzene rings is 1. The van der Waals surface area contributed by atoms with Gasteiger partial charge in [-0.15, -0.1) is 0 Å². The van der Waals surface area contributed by atoms with E-state index >= 15 is 0 Å². The normalized spacial score (nSPS) is 10.2. The van der Waals surface area contributed by atoms with Crippen LogP contribution in [-0.2, 0) is 6.54 Å². The molecule has 98 valence electrons. The summed E-state index contributed by atoms with van der Waals surface area (Å²) in [7, 11) is 0. The van der Waals surface area contributed by atoms with Crippen molar-refractivity contribution in [2.75, 3.05) is 5.32 Å². The Morgan fingerprint density at radius 2 is 1.84 bits per heavy atom. The maximum absolute atomic E-state index is 13.8. The van der Waals surface area contributed by atoms with Crippen LogP contribution in [0.2, 0.25) is 0 Å². The Morgan fingerprint density at radius 3 is 2.47 bits per heavy atom. The van der Waals surface area contributed by atoms with Crippen molar-refractivity contribution in [3.8, 4) is 0 Å². The zero-order valence-corrected chi connectivity index (χ0v) is 10.7. The number of thiocarbonyl (C=S) groups is 1. The van der Waals surface area contributed by atoms with E-state index in [0.717, 1.165) is 5.56 Å². The van der Waals surface area contributed by atoms with Gasteiger partial charge >= 0.3 is 0 Å². The van der Waals surface area contributed by atoms with Crippen molar-refractivity contribution in [3.63, 3.8) is 0 Å². The first-order chi connectivity index (χ1) is 9.09. The van der Waals surface area contributed by atoms with Crippen molar-refractivity contribution < 1.29 is 8.78 Å². The molecule has 0 bridgehead atoms. The molecule has 0 aliphatic heterocycles. The van der Waals surface area contributed by atoms with Crippen molar-refractivity contribution in [1.82, 2.24) is 4.98 Å². The number of nitrogens with zero attached hydrogens (tertiary/aromatic N) is 1. The molecule has 0 radical (unpaired) electrons. The van der Waals surface area contributed by atoms with Crippen molar-refractivity contribution in [1.29, 1.82) is 0 Å². The third kappa shape index (κ3) is 3.03. The monoisotopic (exact) mass is 279 g/mol.